The average Bonchev–Trinajstić information content (AvgIpc) is 2.87. The van der Waals surface area contributed by atoms with Crippen LogP contribution in [0.1, 0.15) is 24.8 Å². The molecule has 0 heterocycles. The minimum Gasteiger partial charge on any atom is -0.263 e. The number of hydrogen-bond acceptors (Lipinski definition) is 3. The lowest BCUT2D eigenvalue weighted by molar-refractivity contribution is 0.150. The van der Waals surface area contributed by atoms with E-state index < -0.39 is 10.1 Å². The summed E-state index contributed by atoms with van der Waals surface area (Å²) in [6.07, 6.45) is 2.95. The van der Waals surface area contributed by atoms with Crippen molar-refractivity contribution in [1.82, 2.24) is 0 Å². The van der Waals surface area contributed by atoms with E-state index in [1.54, 1.807) is 24.3 Å². The van der Waals surface area contributed by atoms with Gasteiger partial charge in [-0.25, -0.2) is 0 Å². The molecule has 0 aromatic heterocycles. The van der Waals surface area contributed by atoms with Crippen LogP contribution in [-0.2, 0) is 14.3 Å². The van der Waals surface area contributed by atoms with Gasteiger partial charge >= 0.3 is 0 Å². The van der Waals surface area contributed by atoms with Gasteiger partial charge in [0, 0.05) is 4.83 Å². The maximum absolute atomic E-state index is 12.2. The van der Waals surface area contributed by atoms with E-state index in [0.717, 1.165) is 24.8 Å². The summed E-state index contributed by atoms with van der Waals surface area (Å²) in [5.41, 5.74) is 1.04. The maximum Gasteiger partial charge on any atom is 0.297 e. The van der Waals surface area contributed by atoms with Crippen LogP contribution < -0.4 is 0 Å². The standard InChI is InChI=1S/C14H17BrO3S/c1-9-2-4-11(5-3-9)19(16,17)18-14-8-10-6-12(14)13(15)7-10/h2-5,10,12-14H,6-8H2,1H3/t10-,12+,13+,14+/m1/s1. The molecule has 0 aliphatic heterocycles. The van der Waals surface area contributed by atoms with Crippen LogP contribution in [0.15, 0.2) is 29.2 Å². The largest absolute Gasteiger partial charge is 0.297 e. The molecule has 0 amide bonds. The fraction of sp³-hybridized carbons (Fsp3) is 0.571. The van der Waals surface area contributed by atoms with Gasteiger partial charge in [-0.2, -0.15) is 8.42 Å². The zero-order valence-corrected chi connectivity index (χ0v) is 13.2. The molecule has 2 aliphatic carbocycles. The topological polar surface area (TPSA) is 43.4 Å². The predicted octanol–water partition coefficient (Wildman–Crippen LogP) is 3.26. The monoisotopic (exact) mass is 344 g/mol. The van der Waals surface area contributed by atoms with Gasteiger partial charge in [0.25, 0.3) is 10.1 Å². The van der Waals surface area contributed by atoms with E-state index in [0.29, 0.717) is 16.7 Å². The van der Waals surface area contributed by atoms with E-state index in [-0.39, 0.29) is 11.0 Å². The zero-order chi connectivity index (χ0) is 13.6. The van der Waals surface area contributed by atoms with Gasteiger partial charge in [-0.1, -0.05) is 33.6 Å². The molecular formula is C14H17BrO3S. The third-order valence-electron chi connectivity index (χ3n) is 4.23. The number of fused-ring (bicyclic) bond motifs is 2. The third kappa shape index (κ3) is 2.60. The van der Waals surface area contributed by atoms with Gasteiger partial charge in [0.1, 0.15) is 0 Å². The quantitative estimate of drug-likeness (QED) is 0.624. The summed E-state index contributed by atoms with van der Waals surface area (Å²) in [6, 6.07) is 6.82. The maximum atomic E-state index is 12.2. The number of benzene rings is 1. The molecule has 3 nitrogen and oxygen atoms in total. The molecule has 5 heteroatoms. The first kappa shape index (κ1) is 13.6. The first-order valence-corrected chi connectivity index (χ1v) is 8.92. The van der Waals surface area contributed by atoms with Gasteiger partial charge in [0.15, 0.2) is 0 Å². The summed E-state index contributed by atoms with van der Waals surface area (Å²) in [5.74, 6) is 0.956. The van der Waals surface area contributed by atoms with Crippen LogP contribution in [0.4, 0.5) is 0 Å². The fourth-order valence-electron chi connectivity index (χ4n) is 3.24. The summed E-state index contributed by atoms with van der Waals surface area (Å²) >= 11 is 3.63. The highest BCUT2D eigenvalue weighted by molar-refractivity contribution is 9.09. The Balaban J connectivity index is 1.77. The first-order chi connectivity index (χ1) is 8.95. The normalized spacial score (nSPS) is 33.8. The van der Waals surface area contributed by atoms with Crippen LogP contribution in [0, 0.1) is 18.8 Å². The summed E-state index contributed by atoms with van der Waals surface area (Å²) < 4.78 is 30.0. The Hall–Kier alpha value is -0.390. The molecule has 0 radical (unpaired) electrons. The molecule has 4 atom stereocenters. The van der Waals surface area contributed by atoms with Crippen molar-refractivity contribution >= 4 is 26.0 Å². The molecular weight excluding hydrogens is 328 g/mol. The Bertz CT molecular complexity index is 567. The van der Waals surface area contributed by atoms with Gasteiger partial charge in [0.2, 0.25) is 0 Å². The number of hydrogen-bond donors (Lipinski definition) is 0. The summed E-state index contributed by atoms with van der Waals surface area (Å²) in [4.78, 5) is 0.663. The van der Waals surface area contributed by atoms with Gasteiger partial charge in [-0.15, -0.1) is 0 Å². The second kappa shape index (κ2) is 4.86. The molecule has 2 bridgehead atoms. The van der Waals surface area contributed by atoms with Crippen molar-refractivity contribution in [2.75, 3.05) is 0 Å². The number of aryl methyl sites for hydroxylation is 1. The van der Waals surface area contributed by atoms with Crippen LogP contribution in [-0.4, -0.2) is 19.3 Å². The molecule has 0 unspecified atom stereocenters. The molecule has 104 valence electrons. The molecule has 3 rings (SSSR count). The Morgan fingerprint density at radius 3 is 2.42 bits per heavy atom. The molecule has 2 aliphatic rings. The van der Waals surface area contributed by atoms with Crippen LogP contribution in [0.3, 0.4) is 0 Å². The van der Waals surface area contributed by atoms with Crippen molar-refractivity contribution in [2.24, 2.45) is 11.8 Å². The molecule has 1 aromatic rings. The van der Waals surface area contributed by atoms with Crippen LogP contribution >= 0.6 is 15.9 Å². The zero-order valence-electron chi connectivity index (χ0n) is 10.8. The minimum absolute atomic E-state index is 0.158. The summed E-state index contributed by atoms with van der Waals surface area (Å²) in [6.45, 7) is 1.93. The van der Waals surface area contributed by atoms with Crippen LogP contribution in [0.25, 0.3) is 0 Å². The fourth-order valence-corrected chi connectivity index (χ4v) is 5.45. The second-order valence-corrected chi connectivity index (χ2v) is 8.40. The SMILES string of the molecule is Cc1ccc(S(=O)(=O)O[C@H]2C[C@@H]3C[C@H]2[C@@H](Br)C3)cc1. The van der Waals surface area contributed by atoms with Crippen molar-refractivity contribution in [3.63, 3.8) is 0 Å². The van der Waals surface area contributed by atoms with Crippen LogP contribution in [0.5, 0.6) is 0 Å². The van der Waals surface area contributed by atoms with E-state index in [9.17, 15) is 8.42 Å². The smallest absolute Gasteiger partial charge is 0.263 e. The summed E-state index contributed by atoms with van der Waals surface area (Å²) in [5, 5.41) is 0. The predicted molar refractivity (Wildman–Crippen MR) is 76.8 cm³/mol. The van der Waals surface area contributed by atoms with E-state index in [4.69, 9.17) is 4.18 Å². The van der Waals surface area contributed by atoms with Gasteiger partial charge in [-0.05, 0) is 50.2 Å². The van der Waals surface area contributed by atoms with Crippen molar-refractivity contribution in [3.05, 3.63) is 29.8 Å². The highest BCUT2D eigenvalue weighted by Gasteiger charge is 2.47. The van der Waals surface area contributed by atoms with E-state index in [1.807, 2.05) is 6.92 Å². The lowest BCUT2D eigenvalue weighted by Crippen LogP contribution is -2.29. The van der Waals surface area contributed by atoms with Crippen molar-refractivity contribution in [1.29, 1.82) is 0 Å². The van der Waals surface area contributed by atoms with Crippen LogP contribution in [0.2, 0.25) is 0 Å². The van der Waals surface area contributed by atoms with Gasteiger partial charge in [0.05, 0.1) is 11.0 Å². The minimum atomic E-state index is -3.63. The summed E-state index contributed by atoms with van der Waals surface area (Å²) in [7, 11) is -3.63. The Morgan fingerprint density at radius 2 is 1.84 bits per heavy atom. The third-order valence-corrected chi connectivity index (χ3v) is 6.63. The van der Waals surface area contributed by atoms with E-state index >= 15 is 0 Å². The highest BCUT2D eigenvalue weighted by Crippen LogP contribution is 2.49. The molecule has 2 saturated carbocycles. The second-order valence-electron chi connectivity index (χ2n) is 5.65. The number of alkyl halides is 1. The Morgan fingerprint density at radius 1 is 1.16 bits per heavy atom. The van der Waals surface area contributed by atoms with E-state index in [1.165, 1.54) is 0 Å². The molecule has 1 aromatic carbocycles. The van der Waals surface area contributed by atoms with Gasteiger partial charge in [-0.3, -0.25) is 4.18 Å². The first-order valence-electron chi connectivity index (χ1n) is 6.60. The van der Waals surface area contributed by atoms with E-state index in [2.05, 4.69) is 15.9 Å². The molecule has 0 saturated heterocycles. The molecule has 2 fully saturated rings. The lowest BCUT2D eigenvalue weighted by atomic mass is 9.98. The number of rotatable bonds is 3. The molecule has 19 heavy (non-hydrogen) atoms. The average molecular weight is 345 g/mol. The van der Waals surface area contributed by atoms with Crippen molar-refractivity contribution in [2.45, 2.75) is 42.0 Å². The van der Waals surface area contributed by atoms with Crippen molar-refractivity contribution in [3.8, 4) is 0 Å². The molecule has 0 spiro atoms. The Labute approximate surface area is 122 Å². The highest BCUT2D eigenvalue weighted by atomic mass is 79.9. The lowest BCUT2D eigenvalue weighted by Gasteiger charge is -2.25. The Kier molecular flexibility index (Phi) is 3.48. The molecule has 0 N–H and O–H groups in total. The van der Waals surface area contributed by atoms with Crippen molar-refractivity contribution < 1.29 is 12.6 Å². The number of halogens is 1. The van der Waals surface area contributed by atoms with Gasteiger partial charge < -0.3 is 0 Å².